The molecule has 0 saturated carbocycles. The summed E-state index contributed by atoms with van der Waals surface area (Å²) >= 11 is 0. The summed E-state index contributed by atoms with van der Waals surface area (Å²) in [5.74, 6) is 0.933. The Balaban J connectivity index is 1.24. The van der Waals surface area contributed by atoms with Gasteiger partial charge in [0.25, 0.3) is 0 Å². The van der Waals surface area contributed by atoms with E-state index in [0.717, 1.165) is 30.9 Å². The van der Waals surface area contributed by atoms with Crippen molar-refractivity contribution in [2.45, 2.75) is 38.8 Å². The average molecular weight is 421 g/mol. The molecule has 8 nitrogen and oxygen atoms in total. The molecule has 31 heavy (non-hydrogen) atoms. The summed E-state index contributed by atoms with van der Waals surface area (Å²) in [6.07, 6.45) is 4.11. The molecule has 1 amide bonds. The molecule has 0 radical (unpaired) electrons. The van der Waals surface area contributed by atoms with E-state index in [0.29, 0.717) is 19.1 Å². The number of nitrogens with one attached hydrogen (secondary N) is 1. The number of nitrogens with zero attached hydrogens (tertiary/aromatic N) is 5. The normalized spacial score (nSPS) is 14.3. The van der Waals surface area contributed by atoms with E-state index in [-0.39, 0.29) is 12.3 Å². The Morgan fingerprint density at radius 1 is 0.968 bits per heavy atom. The first-order valence-corrected chi connectivity index (χ1v) is 10.8. The van der Waals surface area contributed by atoms with Gasteiger partial charge in [-0.2, -0.15) is 0 Å². The number of hydrogen-bond acceptors (Lipinski definition) is 6. The van der Waals surface area contributed by atoms with Crippen molar-refractivity contribution in [3.63, 3.8) is 0 Å². The van der Waals surface area contributed by atoms with E-state index in [2.05, 4.69) is 37.9 Å². The minimum Gasteiger partial charge on any atom is -0.493 e. The first kappa shape index (κ1) is 21.0. The number of ether oxygens (including phenoxy) is 1. The Kier molecular flexibility index (Phi) is 7.23. The Bertz CT molecular complexity index is 969. The molecular weight excluding hydrogens is 392 g/mol. The second kappa shape index (κ2) is 10.7. The molecule has 1 fully saturated rings. The molecular formula is C23H28N6O2. The van der Waals surface area contributed by atoms with Crippen LogP contribution in [0.15, 0.2) is 54.6 Å². The molecule has 4 rings (SSSR count). The molecule has 0 unspecified atom stereocenters. The number of amides is 1. The van der Waals surface area contributed by atoms with E-state index in [1.54, 1.807) is 4.68 Å². The highest BCUT2D eigenvalue weighted by Gasteiger charge is 2.12. The number of piperidine rings is 1. The van der Waals surface area contributed by atoms with E-state index in [1.807, 2.05) is 42.5 Å². The van der Waals surface area contributed by atoms with Gasteiger partial charge >= 0.3 is 0 Å². The van der Waals surface area contributed by atoms with E-state index in [9.17, 15) is 4.79 Å². The summed E-state index contributed by atoms with van der Waals surface area (Å²) in [7, 11) is 0. The Morgan fingerprint density at radius 2 is 1.77 bits per heavy atom. The molecule has 0 atom stereocenters. The van der Waals surface area contributed by atoms with Gasteiger partial charge in [0.05, 0.1) is 19.6 Å². The molecule has 0 bridgehead atoms. The molecule has 1 aromatic heterocycles. The second-order valence-electron chi connectivity index (χ2n) is 7.78. The monoisotopic (exact) mass is 420 g/mol. The molecule has 2 heterocycles. The summed E-state index contributed by atoms with van der Waals surface area (Å²) in [6.45, 7) is 4.05. The van der Waals surface area contributed by atoms with Crippen LogP contribution in [0.5, 0.6) is 5.75 Å². The molecule has 1 N–H and O–H groups in total. The highest BCUT2D eigenvalue weighted by Crippen LogP contribution is 2.18. The minimum atomic E-state index is -0.186. The first-order valence-electron chi connectivity index (χ1n) is 10.8. The zero-order valence-corrected chi connectivity index (χ0v) is 17.6. The van der Waals surface area contributed by atoms with Crippen molar-refractivity contribution in [3.05, 3.63) is 65.7 Å². The summed E-state index contributed by atoms with van der Waals surface area (Å²) in [6, 6.07) is 18.0. The van der Waals surface area contributed by atoms with Crippen LogP contribution >= 0.6 is 0 Å². The molecule has 1 aliphatic rings. The molecule has 0 spiro atoms. The topological polar surface area (TPSA) is 85.2 Å². The lowest BCUT2D eigenvalue weighted by Gasteiger charge is -2.26. The molecule has 162 valence electrons. The second-order valence-corrected chi connectivity index (χ2v) is 7.78. The maximum Gasteiger partial charge on any atom is 0.249 e. The molecule has 3 aromatic rings. The highest BCUT2D eigenvalue weighted by atomic mass is 16.5. The van der Waals surface area contributed by atoms with Crippen LogP contribution in [0.3, 0.4) is 0 Å². The third kappa shape index (κ3) is 6.36. The van der Waals surface area contributed by atoms with E-state index in [1.165, 1.54) is 24.8 Å². The van der Waals surface area contributed by atoms with Crippen molar-refractivity contribution < 1.29 is 9.53 Å². The van der Waals surface area contributed by atoms with Crippen LogP contribution < -0.4 is 10.1 Å². The number of carbonyl (C=O) groups is 1. The fourth-order valence-corrected chi connectivity index (χ4v) is 3.72. The molecule has 1 saturated heterocycles. The fourth-order valence-electron chi connectivity index (χ4n) is 3.72. The number of tetrazole rings is 1. The van der Waals surface area contributed by atoms with Crippen molar-refractivity contribution in [2.24, 2.45) is 0 Å². The standard InChI is InChI=1S/C23H28N6O2/c30-22(24-23-25-26-27-29(23)18-19-8-3-1-4-9-19)12-15-31-21-11-7-10-20(16-21)17-28-13-5-2-6-14-28/h1,3-4,7-11,16H,2,5-6,12-15,17-18H2,(H,24,25,27,30). The van der Waals surface area contributed by atoms with Crippen molar-refractivity contribution in [1.82, 2.24) is 25.1 Å². The third-order valence-corrected chi connectivity index (χ3v) is 5.31. The van der Waals surface area contributed by atoms with Crippen LogP contribution in [0.25, 0.3) is 0 Å². The lowest BCUT2D eigenvalue weighted by atomic mass is 10.1. The van der Waals surface area contributed by atoms with Crippen molar-refractivity contribution >= 4 is 11.9 Å². The van der Waals surface area contributed by atoms with E-state index in [4.69, 9.17) is 4.74 Å². The number of carbonyl (C=O) groups excluding carboxylic acids is 1. The number of benzene rings is 2. The van der Waals surface area contributed by atoms with Crippen molar-refractivity contribution in [1.29, 1.82) is 0 Å². The highest BCUT2D eigenvalue weighted by molar-refractivity contribution is 5.88. The van der Waals surface area contributed by atoms with Crippen molar-refractivity contribution in [2.75, 3.05) is 25.0 Å². The molecule has 8 heteroatoms. The van der Waals surface area contributed by atoms with Crippen LogP contribution in [0.2, 0.25) is 0 Å². The zero-order valence-electron chi connectivity index (χ0n) is 17.6. The maximum atomic E-state index is 12.3. The SMILES string of the molecule is O=C(CCOc1cccc(CN2CCCCC2)c1)Nc1nnnn1Cc1ccccc1. The van der Waals surface area contributed by atoms with Gasteiger partial charge in [-0.3, -0.25) is 15.0 Å². The lowest BCUT2D eigenvalue weighted by molar-refractivity contribution is -0.116. The smallest absolute Gasteiger partial charge is 0.249 e. The number of likely N-dealkylation sites (tertiary alicyclic amines) is 1. The number of aromatic nitrogens is 4. The van der Waals surface area contributed by atoms with E-state index < -0.39 is 0 Å². The van der Waals surface area contributed by atoms with Gasteiger partial charge in [0.15, 0.2) is 0 Å². The van der Waals surface area contributed by atoms with Gasteiger partial charge in [-0.25, -0.2) is 4.68 Å². The zero-order chi connectivity index (χ0) is 21.3. The molecule has 0 aliphatic carbocycles. The van der Waals surface area contributed by atoms with Gasteiger partial charge in [-0.05, 0) is 59.6 Å². The largest absolute Gasteiger partial charge is 0.493 e. The summed E-state index contributed by atoms with van der Waals surface area (Å²) in [5, 5.41) is 14.3. The van der Waals surface area contributed by atoms with Gasteiger partial charge in [0, 0.05) is 6.54 Å². The minimum absolute atomic E-state index is 0.186. The first-order chi connectivity index (χ1) is 15.3. The molecule has 2 aromatic carbocycles. The van der Waals surface area contributed by atoms with Gasteiger partial charge in [-0.1, -0.05) is 54.0 Å². The average Bonchev–Trinajstić information content (AvgIpc) is 3.22. The fraction of sp³-hybridized carbons (Fsp3) is 0.391. The lowest BCUT2D eigenvalue weighted by Crippen LogP contribution is -2.29. The van der Waals surface area contributed by atoms with Crippen LogP contribution in [0, 0.1) is 0 Å². The Morgan fingerprint density at radius 3 is 2.61 bits per heavy atom. The van der Waals surface area contributed by atoms with Crippen molar-refractivity contribution in [3.8, 4) is 5.75 Å². The summed E-state index contributed by atoms with van der Waals surface area (Å²) in [5.41, 5.74) is 2.29. The predicted molar refractivity (Wildman–Crippen MR) is 118 cm³/mol. The van der Waals surface area contributed by atoms with E-state index >= 15 is 0 Å². The van der Waals surface area contributed by atoms with Crippen LogP contribution in [0.1, 0.15) is 36.8 Å². The van der Waals surface area contributed by atoms with Gasteiger partial charge in [0.1, 0.15) is 5.75 Å². The van der Waals surface area contributed by atoms with Gasteiger partial charge < -0.3 is 4.74 Å². The van der Waals surface area contributed by atoms with Crippen LogP contribution in [-0.4, -0.2) is 50.7 Å². The quantitative estimate of drug-likeness (QED) is 0.573. The van der Waals surface area contributed by atoms with Crippen LogP contribution in [0.4, 0.5) is 5.95 Å². The van der Waals surface area contributed by atoms with Gasteiger partial charge in [0.2, 0.25) is 11.9 Å². The van der Waals surface area contributed by atoms with Crippen LogP contribution in [-0.2, 0) is 17.9 Å². The number of anilines is 1. The summed E-state index contributed by atoms with van der Waals surface area (Å²) in [4.78, 5) is 14.8. The van der Waals surface area contributed by atoms with Gasteiger partial charge in [-0.15, -0.1) is 0 Å². The number of hydrogen-bond donors (Lipinski definition) is 1. The maximum absolute atomic E-state index is 12.3. The third-order valence-electron chi connectivity index (χ3n) is 5.31. The predicted octanol–water partition coefficient (Wildman–Crippen LogP) is 3.11. The molecule has 1 aliphatic heterocycles. The summed E-state index contributed by atoms with van der Waals surface area (Å²) < 4.78 is 7.38. The Hall–Kier alpha value is -3.26. The Labute approximate surface area is 182 Å². The number of rotatable bonds is 9.